The van der Waals surface area contributed by atoms with Gasteiger partial charge in [-0.2, -0.15) is 0 Å². The number of pyridine rings is 1. The Morgan fingerprint density at radius 1 is 1.09 bits per heavy atom. The molecule has 1 aromatic carbocycles. The van der Waals surface area contributed by atoms with Gasteiger partial charge in [0.1, 0.15) is 0 Å². The van der Waals surface area contributed by atoms with Crippen molar-refractivity contribution in [1.29, 1.82) is 0 Å². The van der Waals surface area contributed by atoms with Gasteiger partial charge in [0.15, 0.2) is 0 Å². The number of rotatable bonds is 7. The lowest BCUT2D eigenvalue weighted by Crippen LogP contribution is -2.35. The van der Waals surface area contributed by atoms with Crippen molar-refractivity contribution < 1.29 is 9.72 Å². The van der Waals surface area contributed by atoms with Crippen LogP contribution in [-0.2, 0) is 6.54 Å². The molecule has 1 aromatic heterocycles. The van der Waals surface area contributed by atoms with E-state index in [-0.39, 0.29) is 22.4 Å². The van der Waals surface area contributed by atoms with Crippen LogP contribution in [0, 0.1) is 23.0 Å². The van der Waals surface area contributed by atoms with E-state index in [1.165, 1.54) is 32.1 Å². The summed E-state index contributed by atoms with van der Waals surface area (Å²) in [5, 5.41) is 14.5. The Labute approximate surface area is 195 Å². The second-order valence-corrected chi connectivity index (χ2v) is 9.54. The number of carbonyl (C=O) groups is 1. The van der Waals surface area contributed by atoms with Crippen LogP contribution in [0.25, 0.3) is 0 Å². The summed E-state index contributed by atoms with van der Waals surface area (Å²) in [5.74, 6) is 0.808. The number of nitrogens with zero attached hydrogens (tertiary/aromatic N) is 3. The van der Waals surface area contributed by atoms with Crippen molar-refractivity contribution in [3.8, 4) is 0 Å². The van der Waals surface area contributed by atoms with Gasteiger partial charge in [0.05, 0.1) is 16.2 Å². The molecule has 33 heavy (non-hydrogen) atoms. The average Bonchev–Trinajstić information content (AvgIpc) is 2.84. The maximum atomic E-state index is 13.0. The van der Waals surface area contributed by atoms with Crippen LogP contribution in [0.2, 0.25) is 0 Å². The van der Waals surface area contributed by atoms with Gasteiger partial charge in [-0.15, -0.1) is 0 Å². The summed E-state index contributed by atoms with van der Waals surface area (Å²) in [4.78, 5) is 31.1. The van der Waals surface area contributed by atoms with Gasteiger partial charge in [0.2, 0.25) is 0 Å². The number of nitro benzene ring substituents is 1. The van der Waals surface area contributed by atoms with E-state index in [9.17, 15) is 14.9 Å². The standard InChI is InChI=1S/C26H34N4O3/c1-19-11-12-23(26(31)27-17-20-7-3-2-4-8-20)25(28-19)21-13-15-29(16-14-21)18-22-9-5-6-10-24(22)30(32)33/h5-6,9-12,20-21H,2-4,7-8,13-18H2,1H3,(H,27,31). The number of nitro groups is 1. The molecule has 0 atom stereocenters. The van der Waals surface area contributed by atoms with Crippen molar-refractivity contribution in [2.45, 2.75) is 64.3 Å². The maximum absolute atomic E-state index is 13.0. The maximum Gasteiger partial charge on any atom is 0.273 e. The molecule has 2 aromatic rings. The fourth-order valence-corrected chi connectivity index (χ4v) is 5.23. The molecule has 2 aliphatic rings. The molecule has 0 radical (unpaired) electrons. The number of likely N-dealkylation sites (tertiary alicyclic amines) is 1. The van der Waals surface area contributed by atoms with E-state index in [0.717, 1.165) is 49.4 Å². The van der Waals surface area contributed by atoms with Crippen molar-refractivity contribution in [3.63, 3.8) is 0 Å². The number of hydrogen-bond acceptors (Lipinski definition) is 5. The Morgan fingerprint density at radius 2 is 1.82 bits per heavy atom. The molecule has 1 N–H and O–H groups in total. The van der Waals surface area contributed by atoms with E-state index in [2.05, 4.69) is 10.2 Å². The minimum atomic E-state index is -0.309. The number of aryl methyl sites for hydroxylation is 1. The molecule has 0 unspecified atom stereocenters. The van der Waals surface area contributed by atoms with Gasteiger partial charge < -0.3 is 5.32 Å². The highest BCUT2D eigenvalue weighted by molar-refractivity contribution is 5.95. The first-order valence-electron chi connectivity index (χ1n) is 12.2. The summed E-state index contributed by atoms with van der Waals surface area (Å²) in [6, 6.07) is 10.8. The first kappa shape index (κ1) is 23.4. The van der Waals surface area contributed by atoms with E-state index in [0.29, 0.717) is 18.0 Å². The van der Waals surface area contributed by atoms with Crippen LogP contribution in [0.5, 0.6) is 0 Å². The number of hydrogen-bond donors (Lipinski definition) is 1. The summed E-state index contributed by atoms with van der Waals surface area (Å²) in [6.45, 7) is 4.95. The van der Waals surface area contributed by atoms with Crippen LogP contribution in [-0.4, -0.2) is 40.3 Å². The smallest absolute Gasteiger partial charge is 0.273 e. The van der Waals surface area contributed by atoms with Crippen molar-refractivity contribution >= 4 is 11.6 Å². The number of benzene rings is 1. The highest BCUT2D eigenvalue weighted by Crippen LogP contribution is 2.31. The molecule has 2 fully saturated rings. The minimum Gasteiger partial charge on any atom is -0.352 e. The third-order valence-electron chi connectivity index (χ3n) is 7.14. The van der Waals surface area contributed by atoms with Gasteiger partial charge >= 0.3 is 0 Å². The predicted octanol–water partition coefficient (Wildman–Crippen LogP) is 4.99. The molecule has 0 bridgehead atoms. The second-order valence-electron chi connectivity index (χ2n) is 9.54. The van der Waals surface area contributed by atoms with E-state index in [1.54, 1.807) is 12.1 Å². The van der Waals surface area contributed by atoms with Crippen LogP contribution in [0.1, 0.15) is 78.2 Å². The molecule has 176 valence electrons. The fourth-order valence-electron chi connectivity index (χ4n) is 5.23. The van der Waals surface area contributed by atoms with Crippen molar-refractivity contribution in [1.82, 2.24) is 15.2 Å². The Kier molecular flexibility index (Phi) is 7.70. The first-order chi connectivity index (χ1) is 16.0. The van der Waals surface area contributed by atoms with Crippen LogP contribution in [0.4, 0.5) is 5.69 Å². The molecule has 1 aliphatic carbocycles. The number of aromatic nitrogens is 1. The zero-order chi connectivity index (χ0) is 23.2. The fraction of sp³-hybridized carbons (Fsp3) is 0.538. The quantitative estimate of drug-likeness (QED) is 0.474. The Morgan fingerprint density at radius 3 is 2.55 bits per heavy atom. The lowest BCUT2D eigenvalue weighted by Gasteiger charge is -2.32. The Bertz CT molecular complexity index is 979. The molecular formula is C26H34N4O3. The topological polar surface area (TPSA) is 88.4 Å². The van der Waals surface area contributed by atoms with Gasteiger partial charge in [-0.3, -0.25) is 24.8 Å². The molecule has 4 rings (SSSR count). The van der Waals surface area contributed by atoms with Crippen LogP contribution in [0.15, 0.2) is 36.4 Å². The summed E-state index contributed by atoms with van der Waals surface area (Å²) in [6.07, 6.45) is 8.03. The van der Waals surface area contributed by atoms with Gasteiger partial charge in [0.25, 0.3) is 11.6 Å². The Balaban J connectivity index is 1.39. The third-order valence-corrected chi connectivity index (χ3v) is 7.14. The largest absolute Gasteiger partial charge is 0.352 e. The number of para-hydroxylation sites is 1. The third kappa shape index (κ3) is 5.96. The van der Waals surface area contributed by atoms with Gasteiger partial charge in [-0.25, -0.2) is 0 Å². The number of amides is 1. The molecule has 1 saturated carbocycles. The summed E-state index contributed by atoms with van der Waals surface area (Å²) in [7, 11) is 0. The Hall–Kier alpha value is -2.80. The van der Waals surface area contributed by atoms with Gasteiger partial charge in [-0.1, -0.05) is 37.5 Å². The summed E-state index contributed by atoms with van der Waals surface area (Å²) in [5.41, 5.74) is 3.46. The highest BCUT2D eigenvalue weighted by atomic mass is 16.6. The first-order valence-corrected chi connectivity index (χ1v) is 12.2. The van der Waals surface area contributed by atoms with Crippen molar-refractivity contribution in [2.75, 3.05) is 19.6 Å². The van der Waals surface area contributed by atoms with Gasteiger partial charge in [0, 0.05) is 36.3 Å². The molecule has 1 aliphatic heterocycles. The molecule has 1 amide bonds. The molecule has 2 heterocycles. The minimum absolute atomic E-state index is 0.00888. The monoisotopic (exact) mass is 450 g/mol. The predicted molar refractivity (Wildman–Crippen MR) is 128 cm³/mol. The molecule has 7 heteroatoms. The van der Waals surface area contributed by atoms with Crippen molar-refractivity contribution in [2.24, 2.45) is 5.92 Å². The average molecular weight is 451 g/mol. The van der Waals surface area contributed by atoms with Crippen LogP contribution >= 0.6 is 0 Å². The summed E-state index contributed by atoms with van der Waals surface area (Å²) < 4.78 is 0. The van der Waals surface area contributed by atoms with E-state index >= 15 is 0 Å². The number of nitrogens with one attached hydrogen (secondary N) is 1. The van der Waals surface area contributed by atoms with Crippen LogP contribution in [0.3, 0.4) is 0 Å². The number of carbonyl (C=O) groups excluding carboxylic acids is 1. The summed E-state index contributed by atoms with van der Waals surface area (Å²) >= 11 is 0. The van der Waals surface area contributed by atoms with E-state index in [1.807, 2.05) is 31.2 Å². The lowest BCUT2D eigenvalue weighted by molar-refractivity contribution is -0.385. The number of piperidine rings is 1. The normalized spacial score (nSPS) is 18.2. The van der Waals surface area contributed by atoms with Gasteiger partial charge in [-0.05, 0) is 63.7 Å². The van der Waals surface area contributed by atoms with Crippen LogP contribution < -0.4 is 5.32 Å². The SMILES string of the molecule is Cc1ccc(C(=O)NCC2CCCCC2)c(C2CCN(Cc3ccccc3[N+](=O)[O-])CC2)n1. The molecule has 0 spiro atoms. The van der Waals surface area contributed by atoms with E-state index in [4.69, 9.17) is 4.98 Å². The molecular weight excluding hydrogens is 416 g/mol. The lowest BCUT2D eigenvalue weighted by atomic mass is 9.88. The second kappa shape index (κ2) is 10.9. The zero-order valence-corrected chi connectivity index (χ0v) is 19.5. The highest BCUT2D eigenvalue weighted by Gasteiger charge is 2.27. The zero-order valence-electron chi connectivity index (χ0n) is 19.5. The molecule has 1 saturated heterocycles. The molecule has 7 nitrogen and oxygen atoms in total. The van der Waals surface area contributed by atoms with Crippen molar-refractivity contribution in [3.05, 3.63) is 69.0 Å². The van der Waals surface area contributed by atoms with E-state index < -0.39 is 0 Å².